The molecule has 1 amide bonds. The van der Waals surface area contributed by atoms with E-state index in [1.165, 1.54) is 28.8 Å². The van der Waals surface area contributed by atoms with Crippen molar-refractivity contribution in [3.63, 3.8) is 0 Å². The maximum absolute atomic E-state index is 13.6. The number of nitrogens with one attached hydrogen (secondary N) is 2. The second kappa shape index (κ2) is 10.2. The molecule has 0 saturated carbocycles. The van der Waals surface area contributed by atoms with Gasteiger partial charge in [-0.15, -0.1) is 0 Å². The summed E-state index contributed by atoms with van der Waals surface area (Å²) in [6.07, 6.45) is 0. The standard InChI is InChI=1S/C26H21N5O5S/c1-2-36-21-10-6-5-9-20(21)27-22(32)15-37-26-29-23-18-7-3-4-8-19(18)28-24(23)25(33)30(26)16-11-13-17(14-12-16)31(34)35/h3-14,28H,2,15H2,1H3,(H,27,32). The Morgan fingerprint density at radius 2 is 1.84 bits per heavy atom. The second-order valence-corrected chi connectivity index (χ2v) is 8.91. The summed E-state index contributed by atoms with van der Waals surface area (Å²) in [4.78, 5) is 44.9. The molecule has 0 saturated heterocycles. The first-order chi connectivity index (χ1) is 18.0. The van der Waals surface area contributed by atoms with E-state index in [2.05, 4.69) is 10.3 Å². The number of aromatic amines is 1. The van der Waals surface area contributed by atoms with Crippen molar-refractivity contribution < 1.29 is 14.5 Å². The molecule has 0 unspecified atom stereocenters. The van der Waals surface area contributed by atoms with E-state index in [0.717, 1.165) is 22.7 Å². The van der Waals surface area contributed by atoms with E-state index in [1.54, 1.807) is 18.2 Å². The SMILES string of the molecule is CCOc1ccccc1NC(=O)CSc1nc2c([nH]c3ccccc32)c(=O)n1-c1ccc([N+](=O)[O-])cc1. The van der Waals surface area contributed by atoms with Crippen LogP contribution in [-0.2, 0) is 4.79 Å². The van der Waals surface area contributed by atoms with Gasteiger partial charge in [0.2, 0.25) is 5.91 Å². The van der Waals surface area contributed by atoms with E-state index in [9.17, 15) is 19.7 Å². The van der Waals surface area contributed by atoms with Crippen molar-refractivity contribution in [2.24, 2.45) is 0 Å². The number of para-hydroxylation sites is 3. The number of hydrogen-bond donors (Lipinski definition) is 2. The summed E-state index contributed by atoms with van der Waals surface area (Å²) < 4.78 is 6.92. The van der Waals surface area contributed by atoms with Crippen LogP contribution in [0.5, 0.6) is 5.75 Å². The Labute approximate surface area is 214 Å². The topological polar surface area (TPSA) is 132 Å². The van der Waals surface area contributed by atoms with Crippen molar-refractivity contribution in [1.82, 2.24) is 14.5 Å². The maximum atomic E-state index is 13.6. The summed E-state index contributed by atoms with van der Waals surface area (Å²) in [7, 11) is 0. The van der Waals surface area contributed by atoms with E-state index < -0.39 is 4.92 Å². The predicted molar refractivity (Wildman–Crippen MR) is 143 cm³/mol. The summed E-state index contributed by atoms with van der Waals surface area (Å²) in [5.41, 5.74) is 2.01. The van der Waals surface area contributed by atoms with Gasteiger partial charge in [0.25, 0.3) is 11.2 Å². The molecule has 2 aromatic heterocycles. The molecule has 0 radical (unpaired) electrons. The van der Waals surface area contributed by atoms with E-state index in [1.807, 2.05) is 37.3 Å². The molecule has 37 heavy (non-hydrogen) atoms. The number of nitro benzene ring substituents is 1. The molecule has 0 bridgehead atoms. The lowest BCUT2D eigenvalue weighted by atomic mass is 10.2. The molecule has 0 atom stereocenters. The van der Waals surface area contributed by atoms with Crippen LogP contribution < -0.4 is 15.6 Å². The molecule has 3 aromatic carbocycles. The Balaban J connectivity index is 1.53. The minimum absolute atomic E-state index is 0.0340. The number of anilines is 1. The third-order valence-corrected chi connectivity index (χ3v) is 6.55. The Kier molecular flexibility index (Phi) is 6.60. The van der Waals surface area contributed by atoms with Crippen LogP contribution >= 0.6 is 11.8 Å². The molecule has 0 aliphatic heterocycles. The molecule has 186 valence electrons. The van der Waals surface area contributed by atoms with Crippen LogP contribution in [0.3, 0.4) is 0 Å². The summed E-state index contributed by atoms with van der Waals surface area (Å²) >= 11 is 1.09. The molecule has 0 spiro atoms. The van der Waals surface area contributed by atoms with E-state index in [4.69, 9.17) is 9.72 Å². The van der Waals surface area contributed by atoms with Gasteiger partial charge in [0, 0.05) is 23.0 Å². The van der Waals surface area contributed by atoms with Crippen LogP contribution in [0, 0.1) is 10.1 Å². The van der Waals surface area contributed by atoms with Gasteiger partial charge in [0.15, 0.2) is 5.16 Å². The van der Waals surface area contributed by atoms with Crippen LogP contribution in [0.1, 0.15) is 6.92 Å². The number of aromatic nitrogens is 3. The van der Waals surface area contributed by atoms with Crippen molar-refractivity contribution in [2.45, 2.75) is 12.1 Å². The number of carbonyl (C=O) groups is 1. The average molecular weight is 516 g/mol. The van der Waals surface area contributed by atoms with Crippen molar-refractivity contribution in [3.8, 4) is 11.4 Å². The fourth-order valence-corrected chi connectivity index (χ4v) is 4.76. The molecule has 0 aliphatic carbocycles. The molecule has 2 heterocycles. The molecule has 11 heteroatoms. The normalized spacial score (nSPS) is 11.1. The molecular weight excluding hydrogens is 494 g/mol. The van der Waals surface area contributed by atoms with E-state index in [0.29, 0.717) is 34.8 Å². The van der Waals surface area contributed by atoms with E-state index in [-0.39, 0.29) is 28.1 Å². The predicted octanol–water partition coefficient (Wildman–Crippen LogP) is 4.90. The summed E-state index contributed by atoms with van der Waals surface area (Å²) in [5, 5.41) is 15.0. The number of amides is 1. The zero-order valence-electron chi connectivity index (χ0n) is 19.6. The number of non-ortho nitro benzene ring substituents is 1. The molecule has 2 N–H and O–H groups in total. The number of benzene rings is 3. The van der Waals surface area contributed by atoms with Crippen LogP contribution in [0.15, 0.2) is 82.7 Å². The zero-order valence-corrected chi connectivity index (χ0v) is 20.5. The summed E-state index contributed by atoms with van der Waals surface area (Å²) in [6.45, 7) is 2.32. The van der Waals surface area contributed by atoms with Gasteiger partial charge in [-0.2, -0.15) is 0 Å². The number of ether oxygens (including phenoxy) is 1. The number of nitrogens with zero attached hydrogens (tertiary/aromatic N) is 3. The molecule has 10 nitrogen and oxygen atoms in total. The van der Waals surface area contributed by atoms with Crippen LogP contribution in [0.4, 0.5) is 11.4 Å². The molecule has 0 fully saturated rings. The Morgan fingerprint density at radius 3 is 2.59 bits per heavy atom. The van der Waals surface area contributed by atoms with Crippen LogP contribution in [0.25, 0.3) is 27.6 Å². The number of nitro groups is 1. The van der Waals surface area contributed by atoms with Crippen molar-refractivity contribution in [2.75, 3.05) is 17.7 Å². The van der Waals surface area contributed by atoms with Crippen molar-refractivity contribution in [3.05, 3.63) is 93.3 Å². The fourth-order valence-electron chi connectivity index (χ4n) is 3.96. The largest absolute Gasteiger partial charge is 0.492 e. The third-order valence-electron chi connectivity index (χ3n) is 5.61. The highest BCUT2D eigenvalue weighted by Gasteiger charge is 2.19. The monoisotopic (exact) mass is 515 g/mol. The highest BCUT2D eigenvalue weighted by Crippen LogP contribution is 2.28. The van der Waals surface area contributed by atoms with Crippen LogP contribution in [-0.4, -0.2) is 37.7 Å². The second-order valence-electron chi connectivity index (χ2n) is 7.97. The number of fused-ring (bicyclic) bond motifs is 3. The Bertz CT molecular complexity index is 1690. The minimum Gasteiger partial charge on any atom is -0.492 e. The first kappa shape index (κ1) is 24.1. The van der Waals surface area contributed by atoms with Gasteiger partial charge in [-0.05, 0) is 37.3 Å². The number of H-pyrrole nitrogens is 1. The van der Waals surface area contributed by atoms with Gasteiger partial charge in [0.05, 0.1) is 28.7 Å². The average Bonchev–Trinajstić information content (AvgIpc) is 3.28. The Morgan fingerprint density at radius 1 is 1.11 bits per heavy atom. The highest BCUT2D eigenvalue weighted by molar-refractivity contribution is 7.99. The lowest BCUT2D eigenvalue weighted by Gasteiger charge is -2.13. The van der Waals surface area contributed by atoms with Crippen molar-refractivity contribution in [1.29, 1.82) is 0 Å². The number of thioether (sulfide) groups is 1. The minimum atomic E-state index is -0.508. The quantitative estimate of drug-likeness (QED) is 0.130. The van der Waals surface area contributed by atoms with Crippen LogP contribution in [0.2, 0.25) is 0 Å². The molecule has 5 aromatic rings. The summed E-state index contributed by atoms with van der Waals surface area (Å²) in [6, 6.07) is 20.2. The molecule has 0 aliphatic rings. The molecule has 5 rings (SSSR count). The van der Waals surface area contributed by atoms with Gasteiger partial charge in [0.1, 0.15) is 16.8 Å². The zero-order chi connectivity index (χ0) is 25.9. The fraction of sp³-hybridized carbons (Fsp3) is 0.115. The van der Waals surface area contributed by atoms with Gasteiger partial charge >= 0.3 is 0 Å². The number of carbonyl (C=O) groups excluding carboxylic acids is 1. The van der Waals surface area contributed by atoms with Gasteiger partial charge in [-0.3, -0.25) is 24.3 Å². The number of hydrogen-bond acceptors (Lipinski definition) is 7. The Hall–Kier alpha value is -4.64. The van der Waals surface area contributed by atoms with Gasteiger partial charge < -0.3 is 15.0 Å². The lowest BCUT2D eigenvalue weighted by Crippen LogP contribution is -2.23. The molecular formula is C26H21N5O5S. The van der Waals surface area contributed by atoms with E-state index >= 15 is 0 Å². The first-order valence-corrected chi connectivity index (χ1v) is 12.4. The smallest absolute Gasteiger partial charge is 0.283 e. The third kappa shape index (κ3) is 4.76. The van der Waals surface area contributed by atoms with Gasteiger partial charge in [-0.25, -0.2) is 4.98 Å². The van der Waals surface area contributed by atoms with Gasteiger partial charge in [-0.1, -0.05) is 42.1 Å². The first-order valence-electron chi connectivity index (χ1n) is 11.4. The highest BCUT2D eigenvalue weighted by atomic mass is 32.2. The number of rotatable bonds is 8. The lowest BCUT2D eigenvalue weighted by molar-refractivity contribution is -0.384. The van der Waals surface area contributed by atoms with Crippen molar-refractivity contribution >= 4 is 51.0 Å². The maximum Gasteiger partial charge on any atom is 0.283 e. The summed E-state index contributed by atoms with van der Waals surface area (Å²) in [5.74, 6) is 0.221.